The Balaban J connectivity index is 1.69. The van der Waals surface area contributed by atoms with E-state index in [0.717, 1.165) is 8.95 Å². The molecular weight excluding hydrogens is 782 g/mol. The molecular formula is C35H37Br2N3O6S2. The van der Waals surface area contributed by atoms with Gasteiger partial charge in [0.2, 0.25) is 20.0 Å². The molecule has 4 aromatic carbocycles. The fourth-order valence-electron chi connectivity index (χ4n) is 5.57. The van der Waals surface area contributed by atoms with Crippen LogP contribution in [0.3, 0.4) is 0 Å². The van der Waals surface area contributed by atoms with Gasteiger partial charge in [0.1, 0.15) is 5.60 Å². The maximum Gasteiger partial charge on any atom is 0.410 e. The van der Waals surface area contributed by atoms with Crippen molar-refractivity contribution in [2.24, 2.45) is 0 Å². The zero-order valence-corrected chi connectivity index (χ0v) is 31.5. The molecule has 1 saturated heterocycles. The number of sulfonamides is 2. The largest absolute Gasteiger partial charge is 0.444 e. The first-order chi connectivity index (χ1) is 22.6. The van der Waals surface area contributed by atoms with Gasteiger partial charge in [-0.15, -0.1) is 0 Å². The molecule has 5 rings (SSSR count). The second kappa shape index (κ2) is 14.8. The molecule has 0 N–H and O–H groups in total. The first-order valence-corrected chi connectivity index (χ1v) is 19.7. The molecule has 48 heavy (non-hydrogen) atoms. The van der Waals surface area contributed by atoms with E-state index < -0.39 is 43.8 Å². The summed E-state index contributed by atoms with van der Waals surface area (Å²) in [4.78, 5) is 15.1. The van der Waals surface area contributed by atoms with Gasteiger partial charge in [-0.3, -0.25) is 0 Å². The van der Waals surface area contributed by atoms with Gasteiger partial charge in [0.25, 0.3) is 0 Å². The third kappa shape index (κ3) is 8.55. The Kier molecular flexibility index (Phi) is 11.2. The number of likely N-dealkylation sites (tertiary alicyclic amines) is 1. The fourth-order valence-corrected chi connectivity index (χ4v) is 9.40. The maximum atomic E-state index is 14.6. The van der Waals surface area contributed by atoms with Crippen molar-refractivity contribution in [3.63, 3.8) is 0 Å². The van der Waals surface area contributed by atoms with Crippen LogP contribution in [0.1, 0.15) is 31.9 Å². The standard InChI is InChI=1S/C35H37Br2N3O6S2/c1-35(2,3)46-34(41)38-24-32(39(22-26-14-18-28(36)19-15-26)47(42,43)30-10-6-4-7-11-30)33(25-38)40(23-27-16-20-29(37)21-17-27)48(44,45)31-12-8-5-9-13-31/h4-21,32-33H,22-25H2,1-3H3/t32-,33-/m0/s1. The van der Waals surface area contributed by atoms with Crippen LogP contribution in [0.25, 0.3) is 0 Å². The molecule has 4 aromatic rings. The highest BCUT2D eigenvalue weighted by molar-refractivity contribution is 9.10. The topological polar surface area (TPSA) is 104 Å². The van der Waals surface area contributed by atoms with Gasteiger partial charge in [-0.05, 0) is 80.4 Å². The van der Waals surface area contributed by atoms with Crippen molar-refractivity contribution in [3.05, 3.63) is 129 Å². The van der Waals surface area contributed by atoms with Gasteiger partial charge in [0, 0.05) is 35.1 Å². The monoisotopic (exact) mass is 817 g/mol. The van der Waals surface area contributed by atoms with Crippen LogP contribution in [-0.4, -0.2) is 67.2 Å². The Morgan fingerprint density at radius 2 is 1.02 bits per heavy atom. The minimum absolute atomic E-state index is 0.0574. The summed E-state index contributed by atoms with van der Waals surface area (Å²) in [7, 11) is -8.43. The minimum atomic E-state index is -4.22. The van der Waals surface area contributed by atoms with Crippen LogP contribution in [0.15, 0.2) is 128 Å². The van der Waals surface area contributed by atoms with E-state index in [2.05, 4.69) is 31.9 Å². The summed E-state index contributed by atoms with van der Waals surface area (Å²) in [6.45, 7) is 4.92. The molecule has 1 heterocycles. The SMILES string of the molecule is CC(C)(C)OC(=O)N1C[C@H](N(Cc2ccc(Br)cc2)S(=O)(=O)c2ccccc2)[C@@H](N(Cc2ccc(Br)cc2)S(=O)(=O)c2ccccc2)C1. The normalized spacial score (nSPS) is 17.2. The van der Waals surface area contributed by atoms with E-state index in [-0.39, 0.29) is 36.0 Å². The van der Waals surface area contributed by atoms with Crippen LogP contribution >= 0.6 is 31.9 Å². The minimum Gasteiger partial charge on any atom is -0.444 e. The van der Waals surface area contributed by atoms with E-state index in [1.54, 1.807) is 57.2 Å². The second-order valence-corrected chi connectivity index (χ2v) is 18.1. The molecule has 254 valence electrons. The number of carbonyl (C=O) groups is 1. The molecule has 0 unspecified atom stereocenters. The van der Waals surface area contributed by atoms with E-state index in [0.29, 0.717) is 11.1 Å². The van der Waals surface area contributed by atoms with Crippen LogP contribution in [0.5, 0.6) is 0 Å². The first-order valence-electron chi connectivity index (χ1n) is 15.3. The summed E-state index contributed by atoms with van der Waals surface area (Å²) >= 11 is 6.89. The molecule has 0 bridgehead atoms. The Labute approximate surface area is 299 Å². The molecule has 1 fully saturated rings. The number of halogens is 2. The molecule has 1 aliphatic rings. The van der Waals surface area contributed by atoms with Gasteiger partial charge in [-0.1, -0.05) is 92.5 Å². The number of ether oxygens (including phenoxy) is 1. The van der Waals surface area contributed by atoms with Crippen LogP contribution in [0, 0.1) is 0 Å². The highest BCUT2D eigenvalue weighted by Crippen LogP contribution is 2.34. The number of rotatable bonds is 10. The predicted molar refractivity (Wildman–Crippen MR) is 192 cm³/mol. The van der Waals surface area contributed by atoms with E-state index >= 15 is 0 Å². The molecule has 1 amide bonds. The van der Waals surface area contributed by atoms with Crippen molar-refractivity contribution in [2.45, 2.75) is 61.3 Å². The maximum absolute atomic E-state index is 14.6. The molecule has 9 nitrogen and oxygen atoms in total. The summed E-state index contributed by atoms with van der Waals surface area (Å²) in [5.74, 6) is 0. The lowest BCUT2D eigenvalue weighted by molar-refractivity contribution is 0.0281. The summed E-state index contributed by atoms with van der Waals surface area (Å²) in [5, 5.41) is 0. The van der Waals surface area contributed by atoms with Crippen LogP contribution < -0.4 is 0 Å². The highest BCUT2D eigenvalue weighted by Gasteiger charge is 2.49. The average molecular weight is 820 g/mol. The molecule has 0 saturated carbocycles. The van der Waals surface area contributed by atoms with Crippen molar-refractivity contribution >= 4 is 58.0 Å². The number of amides is 1. The molecule has 0 aromatic heterocycles. The van der Waals surface area contributed by atoms with Crippen molar-refractivity contribution in [3.8, 4) is 0 Å². The number of hydrogen-bond acceptors (Lipinski definition) is 6. The van der Waals surface area contributed by atoms with Gasteiger partial charge in [0.15, 0.2) is 0 Å². The van der Waals surface area contributed by atoms with Crippen molar-refractivity contribution in [1.82, 2.24) is 13.5 Å². The van der Waals surface area contributed by atoms with Gasteiger partial charge in [0.05, 0.1) is 21.9 Å². The van der Waals surface area contributed by atoms with E-state index in [1.165, 1.54) is 37.8 Å². The van der Waals surface area contributed by atoms with Gasteiger partial charge < -0.3 is 9.64 Å². The Morgan fingerprint density at radius 3 is 1.35 bits per heavy atom. The van der Waals surface area contributed by atoms with Gasteiger partial charge >= 0.3 is 6.09 Å². The molecule has 0 radical (unpaired) electrons. The summed E-state index contributed by atoms with van der Waals surface area (Å²) in [6, 6.07) is 28.6. The van der Waals surface area contributed by atoms with Crippen molar-refractivity contribution in [2.75, 3.05) is 13.1 Å². The molecule has 13 heteroatoms. The Hall–Kier alpha value is -3.07. The number of nitrogens with zero attached hydrogens (tertiary/aromatic N) is 3. The first kappa shape index (κ1) is 36.2. The smallest absolute Gasteiger partial charge is 0.410 e. The Bertz CT molecular complexity index is 1790. The number of hydrogen-bond donors (Lipinski definition) is 0. The average Bonchev–Trinajstić information content (AvgIpc) is 3.49. The lowest BCUT2D eigenvalue weighted by atomic mass is 10.1. The lowest BCUT2D eigenvalue weighted by Crippen LogP contribution is -2.54. The van der Waals surface area contributed by atoms with Crippen LogP contribution in [0.4, 0.5) is 4.79 Å². The molecule has 2 atom stereocenters. The zero-order chi connectivity index (χ0) is 34.7. The molecule has 0 aliphatic carbocycles. The quantitative estimate of drug-likeness (QED) is 0.167. The summed E-state index contributed by atoms with van der Waals surface area (Å²) in [6.07, 6.45) is -0.656. The van der Waals surface area contributed by atoms with Gasteiger partial charge in [-0.2, -0.15) is 8.61 Å². The lowest BCUT2D eigenvalue weighted by Gasteiger charge is -2.36. The van der Waals surface area contributed by atoms with E-state index in [9.17, 15) is 21.6 Å². The van der Waals surface area contributed by atoms with Crippen LogP contribution in [-0.2, 0) is 37.9 Å². The number of carbonyl (C=O) groups excluding carboxylic acids is 1. The second-order valence-electron chi connectivity index (χ2n) is 12.5. The van der Waals surface area contributed by atoms with E-state index in [4.69, 9.17) is 4.74 Å². The molecule has 0 spiro atoms. The summed E-state index contributed by atoms with van der Waals surface area (Å²) in [5.41, 5.74) is 0.556. The third-order valence-electron chi connectivity index (χ3n) is 7.85. The summed E-state index contributed by atoms with van der Waals surface area (Å²) < 4.78 is 68.4. The Morgan fingerprint density at radius 1 is 0.667 bits per heavy atom. The van der Waals surface area contributed by atoms with E-state index in [1.807, 2.05) is 48.5 Å². The predicted octanol–water partition coefficient (Wildman–Crippen LogP) is 7.28. The van der Waals surface area contributed by atoms with Crippen molar-refractivity contribution in [1.29, 1.82) is 0 Å². The number of benzene rings is 4. The third-order valence-corrected chi connectivity index (χ3v) is 12.7. The van der Waals surface area contributed by atoms with Crippen molar-refractivity contribution < 1.29 is 26.4 Å². The highest BCUT2D eigenvalue weighted by atomic mass is 79.9. The van der Waals surface area contributed by atoms with Gasteiger partial charge in [-0.25, -0.2) is 21.6 Å². The fraction of sp³-hybridized carbons (Fsp3) is 0.286. The molecule has 1 aliphatic heterocycles. The van der Waals surface area contributed by atoms with Crippen LogP contribution in [0.2, 0.25) is 0 Å². The zero-order valence-electron chi connectivity index (χ0n) is 26.7.